The minimum absolute atomic E-state index is 0.0364. The van der Waals surface area contributed by atoms with Gasteiger partial charge < -0.3 is 14.6 Å². The molecule has 1 fully saturated rings. The van der Waals surface area contributed by atoms with Crippen LogP contribution >= 0.6 is 23.2 Å². The zero-order chi connectivity index (χ0) is 27.9. The zero-order valence-electron chi connectivity index (χ0n) is 21.3. The predicted molar refractivity (Wildman–Crippen MR) is 150 cm³/mol. The third-order valence-electron chi connectivity index (χ3n) is 7.51. The number of hydrazine groups is 1. The highest BCUT2D eigenvalue weighted by Gasteiger charge is 2.66. The van der Waals surface area contributed by atoms with E-state index in [2.05, 4.69) is 12.0 Å². The number of hydrogen-bond acceptors (Lipinski definition) is 6. The standard InChI is InChI=1S/C30H26Cl2N2O5/c1-4-17-5-12-22-28(36)34(33-24-13-9-20(31)16-23(24)32)29(37)30(22,19-7-10-21(38-2)11-8-19)27(17)18-6-14-25(35)26(15-18)39-3/h4-11,13-16,22,27,33,35H,1,12H2,2-3H3/t22-,27+,30+/m0/s1. The second-order valence-corrected chi connectivity index (χ2v) is 10.2. The molecule has 1 saturated heterocycles. The van der Waals surface area contributed by atoms with Crippen molar-refractivity contribution in [3.05, 3.63) is 106 Å². The first-order valence-corrected chi connectivity index (χ1v) is 13.0. The van der Waals surface area contributed by atoms with Gasteiger partial charge in [-0.3, -0.25) is 15.0 Å². The van der Waals surface area contributed by atoms with Crippen molar-refractivity contribution in [2.45, 2.75) is 17.8 Å². The lowest BCUT2D eigenvalue weighted by atomic mass is 9.56. The Kier molecular flexibility index (Phi) is 7.05. The maximum Gasteiger partial charge on any atom is 0.260 e. The molecule has 0 spiro atoms. The van der Waals surface area contributed by atoms with Crippen LogP contribution in [0.2, 0.25) is 10.0 Å². The molecule has 0 radical (unpaired) electrons. The number of carbonyl (C=O) groups is 2. The number of allylic oxidation sites excluding steroid dienone is 3. The molecule has 0 bridgehead atoms. The van der Waals surface area contributed by atoms with Gasteiger partial charge in [-0.05, 0) is 65.6 Å². The summed E-state index contributed by atoms with van der Waals surface area (Å²) in [5.41, 5.74) is 4.07. The van der Waals surface area contributed by atoms with Gasteiger partial charge in [0.2, 0.25) is 0 Å². The van der Waals surface area contributed by atoms with Crippen molar-refractivity contribution in [2.24, 2.45) is 5.92 Å². The van der Waals surface area contributed by atoms with Crippen molar-refractivity contribution < 1.29 is 24.2 Å². The molecular weight excluding hydrogens is 539 g/mol. The number of imide groups is 1. The smallest absolute Gasteiger partial charge is 0.260 e. The molecule has 200 valence electrons. The largest absolute Gasteiger partial charge is 0.504 e. The highest BCUT2D eigenvalue weighted by molar-refractivity contribution is 6.36. The van der Waals surface area contributed by atoms with E-state index in [4.69, 9.17) is 32.7 Å². The van der Waals surface area contributed by atoms with E-state index < -0.39 is 29.1 Å². The Morgan fingerprint density at radius 3 is 2.44 bits per heavy atom. The molecule has 0 saturated carbocycles. The molecule has 0 unspecified atom stereocenters. The van der Waals surface area contributed by atoms with Crippen molar-refractivity contribution in [1.29, 1.82) is 0 Å². The fourth-order valence-electron chi connectivity index (χ4n) is 5.73. The maximum atomic E-state index is 14.7. The molecule has 39 heavy (non-hydrogen) atoms. The number of anilines is 1. The molecule has 9 heteroatoms. The van der Waals surface area contributed by atoms with E-state index in [-0.39, 0.29) is 16.5 Å². The Morgan fingerprint density at radius 1 is 1.05 bits per heavy atom. The molecule has 3 aromatic rings. The molecule has 3 atom stereocenters. The first-order valence-electron chi connectivity index (χ1n) is 12.2. The lowest BCUT2D eigenvalue weighted by Crippen LogP contribution is -2.48. The van der Waals surface area contributed by atoms with Crippen LogP contribution in [-0.2, 0) is 15.0 Å². The van der Waals surface area contributed by atoms with Crippen molar-refractivity contribution in [3.63, 3.8) is 0 Å². The molecule has 2 amide bonds. The van der Waals surface area contributed by atoms with Gasteiger partial charge in [-0.25, -0.2) is 0 Å². The summed E-state index contributed by atoms with van der Waals surface area (Å²) in [7, 11) is 3.02. The van der Waals surface area contributed by atoms with E-state index >= 15 is 0 Å². The third kappa shape index (κ3) is 4.22. The number of ether oxygens (including phenoxy) is 2. The quantitative estimate of drug-likeness (QED) is 0.329. The van der Waals surface area contributed by atoms with Gasteiger partial charge in [0, 0.05) is 10.9 Å². The lowest BCUT2D eigenvalue weighted by Gasteiger charge is -2.43. The summed E-state index contributed by atoms with van der Waals surface area (Å²) in [4.78, 5) is 28.7. The van der Waals surface area contributed by atoms with Crippen LogP contribution in [-0.4, -0.2) is 36.1 Å². The van der Waals surface area contributed by atoms with E-state index in [0.29, 0.717) is 34.0 Å². The number of nitrogens with zero attached hydrogens (tertiary/aromatic N) is 1. The number of rotatable bonds is 7. The van der Waals surface area contributed by atoms with Crippen molar-refractivity contribution in [2.75, 3.05) is 19.6 Å². The molecule has 0 aromatic heterocycles. The van der Waals surface area contributed by atoms with Crippen molar-refractivity contribution in [1.82, 2.24) is 5.01 Å². The van der Waals surface area contributed by atoms with Crippen LogP contribution < -0.4 is 14.9 Å². The number of hydrogen-bond donors (Lipinski definition) is 2. The number of halogens is 2. The Labute approximate surface area is 236 Å². The number of carbonyl (C=O) groups excluding carboxylic acids is 2. The fraction of sp³-hybridized carbons (Fsp3) is 0.200. The summed E-state index contributed by atoms with van der Waals surface area (Å²) in [6, 6.07) is 16.9. The number of methoxy groups -OCH3 is 2. The molecule has 3 aromatic carbocycles. The highest BCUT2D eigenvalue weighted by atomic mass is 35.5. The van der Waals surface area contributed by atoms with Crippen molar-refractivity contribution in [3.8, 4) is 17.2 Å². The van der Waals surface area contributed by atoms with E-state index in [1.807, 2.05) is 18.2 Å². The van der Waals surface area contributed by atoms with Crippen LogP contribution in [0.5, 0.6) is 17.2 Å². The lowest BCUT2D eigenvalue weighted by molar-refractivity contribution is -0.138. The summed E-state index contributed by atoms with van der Waals surface area (Å²) in [5.74, 6) is -1.38. The number of benzene rings is 3. The Hall–Kier alpha value is -3.94. The number of phenolic OH excluding ortho intramolecular Hbond substituents is 1. The second-order valence-electron chi connectivity index (χ2n) is 9.37. The summed E-state index contributed by atoms with van der Waals surface area (Å²) in [6.07, 6.45) is 3.96. The van der Waals surface area contributed by atoms with Crippen LogP contribution in [0.15, 0.2) is 85.0 Å². The molecule has 1 heterocycles. The number of amides is 2. The Balaban J connectivity index is 1.74. The number of aromatic hydroxyl groups is 1. The van der Waals surface area contributed by atoms with E-state index in [1.165, 1.54) is 19.2 Å². The molecule has 2 aliphatic rings. The van der Waals surface area contributed by atoms with E-state index in [1.54, 1.807) is 49.6 Å². The summed E-state index contributed by atoms with van der Waals surface area (Å²) >= 11 is 12.4. The van der Waals surface area contributed by atoms with Gasteiger partial charge in [-0.2, -0.15) is 5.01 Å². The maximum absolute atomic E-state index is 14.7. The van der Waals surface area contributed by atoms with Crippen molar-refractivity contribution >= 4 is 40.7 Å². The summed E-state index contributed by atoms with van der Waals surface area (Å²) in [6.45, 7) is 4.01. The first kappa shape index (κ1) is 26.7. The third-order valence-corrected chi connectivity index (χ3v) is 8.05. The monoisotopic (exact) mass is 564 g/mol. The van der Waals surface area contributed by atoms with Gasteiger partial charge in [0.05, 0.1) is 36.3 Å². The molecule has 1 aliphatic carbocycles. The van der Waals surface area contributed by atoms with Gasteiger partial charge in [0.15, 0.2) is 11.5 Å². The molecule has 5 rings (SSSR count). The molecule has 1 aliphatic heterocycles. The summed E-state index contributed by atoms with van der Waals surface area (Å²) in [5, 5.41) is 12.0. The highest BCUT2D eigenvalue weighted by Crippen LogP contribution is 2.58. The molecule has 2 N–H and O–H groups in total. The van der Waals surface area contributed by atoms with Crippen LogP contribution in [0.4, 0.5) is 5.69 Å². The van der Waals surface area contributed by atoms with E-state index in [9.17, 15) is 14.7 Å². The minimum atomic E-state index is -1.35. The number of phenols is 1. The van der Waals surface area contributed by atoms with Gasteiger partial charge in [0.25, 0.3) is 11.8 Å². The zero-order valence-corrected chi connectivity index (χ0v) is 22.8. The topological polar surface area (TPSA) is 88.1 Å². The first-order chi connectivity index (χ1) is 18.8. The molecule has 7 nitrogen and oxygen atoms in total. The SMILES string of the molecule is C=CC1=CC[C@H]2C(=O)N(Nc3ccc(Cl)cc3Cl)C(=O)[C@@]2(c2ccc(OC)cc2)[C@H]1c1ccc(O)c(OC)c1. The normalized spacial score (nSPS) is 22.3. The van der Waals surface area contributed by atoms with Gasteiger partial charge in [-0.1, -0.05) is 60.1 Å². The average Bonchev–Trinajstić information content (AvgIpc) is 3.16. The Bertz CT molecular complexity index is 1500. The average molecular weight is 565 g/mol. The second kappa shape index (κ2) is 10.3. The molecular formula is C30H26Cl2N2O5. The fourth-order valence-corrected chi connectivity index (χ4v) is 6.18. The predicted octanol–water partition coefficient (Wildman–Crippen LogP) is 6.27. The van der Waals surface area contributed by atoms with Gasteiger partial charge in [-0.15, -0.1) is 0 Å². The van der Waals surface area contributed by atoms with E-state index in [0.717, 1.165) is 10.6 Å². The van der Waals surface area contributed by atoms with Gasteiger partial charge in [0.1, 0.15) is 5.75 Å². The van der Waals surface area contributed by atoms with Crippen LogP contribution in [0, 0.1) is 5.92 Å². The van der Waals surface area contributed by atoms with Gasteiger partial charge >= 0.3 is 0 Å². The minimum Gasteiger partial charge on any atom is -0.504 e. The van der Waals surface area contributed by atoms with Crippen LogP contribution in [0.1, 0.15) is 23.5 Å². The Morgan fingerprint density at radius 2 is 1.79 bits per heavy atom. The number of fused-ring (bicyclic) bond motifs is 1. The van der Waals surface area contributed by atoms with Crippen LogP contribution in [0.3, 0.4) is 0 Å². The summed E-state index contributed by atoms with van der Waals surface area (Å²) < 4.78 is 10.7. The number of nitrogens with one attached hydrogen (secondary N) is 1. The van der Waals surface area contributed by atoms with Crippen LogP contribution in [0.25, 0.3) is 0 Å².